The van der Waals surface area contributed by atoms with Crippen LogP contribution in [0.1, 0.15) is 0 Å². The lowest BCUT2D eigenvalue weighted by Crippen LogP contribution is -2.01. The van der Waals surface area contributed by atoms with Gasteiger partial charge in [-0.3, -0.25) is 0 Å². The van der Waals surface area contributed by atoms with Gasteiger partial charge in [-0.2, -0.15) is 0 Å². The number of hydrogen-bond acceptors (Lipinski definition) is 0. The minimum Gasteiger partial charge on any atom is -0.104 e. The zero-order chi connectivity index (χ0) is 5.86. The van der Waals surface area contributed by atoms with Crippen LogP contribution in [0.5, 0.6) is 0 Å². The fourth-order valence-electron chi connectivity index (χ4n) is 0.103. The second-order valence-electron chi connectivity index (χ2n) is 1.01. The Labute approximate surface area is 61.6 Å². The molecule has 0 saturated heterocycles. The zero-order valence-electron chi connectivity index (χ0n) is 3.57. The summed E-state index contributed by atoms with van der Waals surface area (Å²) < 4.78 is 0. The zero-order valence-corrected chi connectivity index (χ0v) is 6.67. The maximum Gasteiger partial charge on any atom is 0.123 e. The van der Waals surface area contributed by atoms with Crippen LogP contribution < -0.4 is 0 Å². The summed E-state index contributed by atoms with van der Waals surface area (Å²) in [4.78, 5) is -0.381. The lowest BCUT2D eigenvalue weighted by atomic mass is 10.5. The maximum absolute atomic E-state index is 5.38. The van der Waals surface area contributed by atoms with Gasteiger partial charge >= 0.3 is 0 Å². The molecule has 0 aromatic rings. The molecule has 0 saturated carbocycles. The van der Waals surface area contributed by atoms with Crippen LogP contribution >= 0.6 is 39.1 Å². The first-order valence-corrected chi connectivity index (χ1v) is 3.52. The number of rotatable bonds is 2. The van der Waals surface area contributed by atoms with Gasteiger partial charge in [-0.1, -0.05) is 22.0 Å². The summed E-state index contributed by atoms with van der Waals surface area (Å²) in [7, 11) is 0. The van der Waals surface area contributed by atoms with E-state index < -0.39 is 4.84 Å². The van der Waals surface area contributed by atoms with Crippen molar-refractivity contribution in [2.24, 2.45) is 0 Å². The van der Waals surface area contributed by atoms with Crippen molar-refractivity contribution >= 4 is 39.1 Å². The van der Waals surface area contributed by atoms with Crippen LogP contribution in [0.15, 0.2) is 12.7 Å². The Kier molecular flexibility index (Phi) is 4.19. The van der Waals surface area contributed by atoms with Gasteiger partial charge in [0, 0.05) is 0 Å². The molecule has 0 aromatic heterocycles. The molecule has 0 aliphatic rings. The molecule has 0 aliphatic heterocycles. The van der Waals surface area contributed by atoms with Crippen molar-refractivity contribution in [3.8, 4) is 0 Å². The molecule has 0 aromatic carbocycles. The topological polar surface area (TPSA) is 0 Å². The second kappa shape index (κ2) is 3.76. The Morgan fingerprint density at radius 1 is 1.57 bits per heavy atom. The van der Waals surface area contributed by atoms with E-state index in [1.807, 2.05) is 0 Å². The van der Waals surface area contributed by atoms with Crippen molar-refractivity contribution in [1.29, 1.82) is 0 Å². The molecule has 7 heavy (non-hydrogen) atoms. The first kappa shape index (κ1) is 7.80. The molecular weight excluding hydrogens is 199 g/mol. The Morgan fingerprint density at radius 3 is 2.00 bits per heavy atom. The van der Waals surface area contributed by atoms with Crippen LogP contribution in [0.3, 0.4) is 0 Å². The van der Waals surface area contributed by atoms with Crippen molar-refractivity contribution < 1.29 is 0 Å². The number of alkyl halides is 3. The molecule has 0 rings (SSSR count). The lowest BCUT2D eigenvalue weighted by Gasteiger charge is -2.00. The van der Waals surface area contributed by atoms with E-state index in [1.165, 1.54) is 0 Å². The summed E-state index contributed by atoms with van der Waals surface area (Å²) in [6, 6.07) is 0. The van der Waals surface area contributed by atoms with Gasteiger partial charge in [-0.15, -0.1) is 29.8 Å². The molecule has 1 atom stereocenters. The maximum atomic E-state index is 5.38. The average molecular weight is 204 g/mol. The molecule has 0 bridgehead atoms. The predicted octanol–water partition coefficient (Wildman–Crippen LogP) is 2.74. The molecule has 0 fully saturated rings. The first-order chi connectivity index (χ1) is 3.18. The van der Waals surface area contributed by atoms with Gasteiger partial charge in [0.15, 0.2) is 0 Å². The highest BCUT2D eigenvalue weighted by atomic mass is 79.9. The van der Waals surface area contributed by atoms with E-state index in [0.29, 0.717) is 0 Å². The third kappa shape index (κ3) is 3.39. The van der Waals surface area contributed by atoms with Gasteiger partial charge in [0.05, 0.1) is 4.83 Å². The second-order valence-corrected chi connectivity index (χ2v) is 3.24. The van der Waals surface area contributed by atoms with Gasteiger partial charge in [0.25, 0.3) is 0 Å². The summed E-state index contributed by atoms with van der Waals surface area (Å²) >= 11 is 13.9. The van der Waals surface area contributed by atoms with Crippen LogP contribution in [0.2, 0.25) is 0 Å². The molecule has 0 radical (unpaired) electrons. The van der Waals surface area contributed by atoms with Crippen LogP contribution in [-0.4, -0.2) is 9.66 Å². The van der Waals surface area contributed by atoms with E-state index in [0.717, 1.165) is 0 Å². The highest BCUT2D eigenvalue weighted by Crippen LogP contribution is 2.15. The molecule has 42 valence electrons. The Balaban J connectivity index is 3.33. The summed E-state index contributed by atoms with van der Waals surface area (Å²) in [5.74, 6) is 0. The average Bonchev–Trinajstić information content (AvgIpc) is 1.65. The van der Waals surface area contributed by atoms with Gasteiger partial charge in [0.1, 0.15) is 4.84 Å². The smallest absolute Gasteiger partial charge is 0.104 e. The number of halogens is 3. The van der Waals surface area contributed by atoms with E-state index >= 15 is 0 Å². The monoisotopic (exact) mass is 202 g/mol. The highest BCUT2D eigenvalue weighted by Gasteiger charge is 2.06. The lowest BCUT2D eigenvalue weighted by molar-refractivity contribution is 1.21. The Bertz CT molecular complexity index is 62.7. The van der Waals surface area contributed by atoms with Gasteiger partial charge in [0.2, 0.25) is 0 Å². The molecule has 0 amide bonds. The molecule has 0 spiro atoms. The van der Waals surface area contributed by atoms with E-state index in [4.69, 9.17) is 23.2 Å². The van der Waals surface area contributed by atoms with Gasteiger partial charge in [-0.05, 0) is 0 Å². The van der Waals surface area contributed by atoms with E-state index in [9.17, 15) is 0 Å². The van der Waals surface area contributed by atoms with E-state index in [1.54, 1.807) is 6.08 Å². The van der Waals surface area contributed by atoms with Crippen LogP contribution in [0, 0.1) is 0 Å². The quantitative estimate of drug-likeness (QED) is 0.479. The molecular formula is C4H5BrCl2. The van der Waals surface area contributed by atoms with Crippen molar-refractivity contribution in [2.45, 2.75) is 9.66 Å². The van der Waals surface area contributed by atoms with Gasteiger partial charge in [-0.25, -0.2) is 0 Å². The van der Waals surface area contributed by atoms with Gasteiger partial charge < -0.3 is 0 Å². The van der Waals surface area contributed by atoms with Crippen molar-refractivity contribution in [3.05, 3.63) is 12.7 Å². The highest BCUT2D eigenvalue weighted by molar-refractivity contribution is 9.09. The number of hydrogen-bond donors (Lipinski definition) is 0. The van der Waals surface area contributed by atoms with E-state index in [2.05, 4.69) is 22.5 Å². The SMILES string of the molecule is C=CC(Br)C(Cl)Cl. The van der Waals surface area contributed by atoms with Crippen molar-refractivity contribution in [3.63, 3.8) is 0 Å². The third-order valence-electron chi connectivity index (χ3n) is 0.466. The minimum absolute atomic E-state index is 0.0100. The third-order valence-corrected chi connectivity index (χ3v) is 2.52. The van der Waals surface area contributed by atoms with E-state index in [-0.39, 0.29) is 4.83 Å². The fourth-order valence-corrected chi connectivity index (χ4v) is 0.309. The number of allylic oxidation sites excluding steroid dienone is 1. The van der Waals surface area contributed by atoms with Crippen molar-refractivity contribution in [2.75, 3.05) is 0 Å². The summed E-state index contributed by atoms with van der Waals surface area (Å²) in [6.07, 6.45) is 1.64. The standard InChI is InChI=1S/C4H5BrCl2/c1-2-3(5)4(6)7/h2-4H,1H2. The molecule has 0 N–H and O–H groups in total. The van der Waals surface area contributed by atoms with Crippen molar-refractivity contribution in [1.82, 2.24) is 0 Å². The molecule has 1 unspecified atom stereocenters. The Hall–Kier alpha value is 0.800. The van der Waals surface area contributed by atoms with Crippen LogP contribution in [-0.2, 0) is 0 Å². The normalized spacial score (nSPS) is 14.3. The van der Waals surface area contributed by atoms with Crippen LogP contribution in [0.4, 0.5) is 0 Å². The minimum atomic E-state index is -0.391. The summed E-state index contributed by atoms with van der Waals surface area (Å²) in [5.41, 5.74) is 0. The first-order valence-electron chi connectivity index (χ1n) is 1.73. The molecule has 3 heteroatoms. The molecule has 0 aliphatic carbocycles. The van der Waals surface area contributed by atoms with Crippen LogP contribution in [0.25, 0.3) is 0 Å². The summed E-state index contributed by atoms with van der Waals surface area (Å²) in [5, 5.41) is 0. The molecule has 0 heterocycles. The molecule has 0 nitrogen and oxygen atoms in total. The predicted molar refractivity (Wildman–Crippen MR) is 38.4 cm³/mol. The fraction of sp³-hybridized carbons (Fsp3) is 0.500. The Morgan fingerprint density at radius 2 is 2.00 bits per heavy atom. The summed E-state index contributed by atoms with van der Waals surface area (Å²) in [6.45, 7) is 3.47. The largest absolute Gasteiger partial charge is 0.123 e.